The van der Waals surface area contributed by atoms with E-state index < -0.39 is 8.07 Å². The van der Waals surface area contributed by atoms with E-state index in [-0.39, 0.29) is 0 Å². The number of hydrogen-bond donors (Lipinski definition) is 0. The predicted octanol–water partition coefficient (Wildman–Crippen LogP) is 4.76. The molecule has 0 atom stereocenters. The van der Waals surface area contributed by atoms with Crippen LogP contribution in [0.25, 0.3) is 11.0 Å². The Labute approximate surface area is 146 Å². The minimum Gasteiger partial charge on any atom is -0.360 e. The van der Waals surface area contributed by atoms with Gasteiger partial charge in [-0.25, -0.2) is 9.67 Å². The van der Waals surface area contributed by atoms with E-state index in [0.29, 0.717) is 11.8 Å². The van der Waals surface area contributed by atoms with Crippen LogP contribution in [0.2, 0.25) is 30.7 Å². The fraction of sp³-hybridized carbons (Fsp3) is 0.500. The summed E-state index contributed by atoms with van der Waals surface area (Å²) in [7, 11) is -1.06. The van der Waals surface area contributed by atoms with Gasteiger partial charge in [-0.3, -0.25) is 0 Å². The quantitative estimate of drug-likeness (QED) is 0.264. The molecular weight excluding hydrogens is 472 g/mol. The van der Waals surface area contributed by atoms with Crippen molar-refractivity contribution in [2.75, 3.05) is 6.61 Å². The minimum absolute atomic E-state index is 0.422. The van der Waals surface area contributed by atoms with Crippen molar-refractivity contribution in [3.05, 3.63) is 19.4 Å². The standard InChI is InChI=1S/C12H16BrClIN3OSi/c1-20(2,3)5-4-19-7-18-9-6-8(14)12(15)16-10(9)11(13)17-18/h6H,4-5,7H2,1-3H3. The number of hydrogen-bond acceptors (Lipinski definition) is 3. The largest absolute Gasteiger partial charge is 0.360 e. The average molecular weight is 489 g/mol. The van der Waals surface area contributed by atoms with E-state index in [1.807, 2.05) is 6.07 Å². The SMILES string of the molecule is C[Si](C)(C)CCOCn1nc(Br)c2nc(I)c(Cl)cc21. The number of pyridine rings is 1. The topological polar surface area (TPSA) is 39.9 Å². The summed E-state index contributed by atoms with van der Waals surface area (Å²) < 4.78 is 9.01. The van der Waals surface area contributed by atoms with E-state index in [9.17, 15) is 0 Å². The van der Waals surface area contributed by atoms with Crippen LogP contribution in [0.1, 0.15) is 0 Å². The Hall–Kier alpha value is 0.297. The van der Waals surface area contributed by atoms with Crippen LogP contribution in [0, 0.1) is 3.70 Å². The van der Waals surface area contributed by atoms with Gasteiger partial charge in [0.25, 0.3) is 0 Å². The molecule has 0 N–H and O–H groups in total. The molecule has 0 bridgehead atoms. The molecule has 0 saturated carbocycles. The number of nitrogens with zero attached hydrogens (tertiary/aromatic N) is 3. The smallest absolute Gasteiger partial charge is 0.154 e. The molecule has 2 rings (SSSR count). The molecule has 2 aromatic heterocycles. The lowest BCUT2D eigenvalue weighted by molar-refractivity contribution is 0.0814. The van der Waals surface area contributed by atoms with Crippen molar-refractivity contribution in [2.45, 2.75) is 32.4 Å². The Morgan fingerprint density at radius 2 is 2.15 bits per heavy atom. The van der Waals surface area contributed by atoms with Gasteiger partial charge in [-0.15, -0.1) is 0 Å². The highest BCUT2D eigenvalue weighted by molar-refractivity contribution is 14.1. The summed E-state index contributed by atoms with van der Waals surface area (Å²) in [5, 5.41) is 5.03. The van der Waals surface area contributed by atoms with Crippen molar-refractivity contribution in [3.63, 3.8) is 0 Å². The molecule has 0 saturated heterocycles. The lowest BCUT2D eigenvalue weighted by Gasteiger charge is -2.15. The molecule has 8 heteroatoms. The summed E-state index contributed by atoms with van der Waals surface area (Å²) in [6.07, 6.45) is 0. The molecule has 2 aromatic rings. The van der Waals surface area contributed by atoms with Crippen LogP contribution in [-0.4, -0.2) is 29.4 Å². The summed E-state index contributed by atoms with van der Waals surface area (Å²) >= 11 is 11.7. The highest BCUT2D eigenvalue weighted by Crippen LogP contribution is 2.27. The molecule has 0 unspecified atom stereocenters. The molecule has 0 amide bonds. The number of halogens is 3. The van der Waals surface area contributed by atoms with Gasteiger partial charge in [0.1, 0.15) is 15.9 Å². The van der Waals surface area contributed by atoms with Gasteiger partial charge in [-0.1, -0.05) is 31.2 Å². The van der Waals surface area contributed by atoms with Gasteiger partial charge >= 0.3 is 0 Å². The lowest BCUT2D eigenvalue weighted by Crippen LogP contribution is -2.22. The van der Waals surface area contributed by atoms with Crippen molar-refractivity contribution in [3.8, 4) is 0 Å². The molecule has 110 valence electrons. The second-order valence-electron chi connectivity index (χ2n) is 5.77. The van der Waals surface area contributed by atoms with Crippen LogP contribution in [0.5, 0.6) is 0 Å². The van der Waals surface area contributed by atoms with Crippen LogP contribution in [0.15, 0.2) is 10.7 Å². The predicted molar refractivity (Wildman–Crippen MR) is 97.1 cm³/mol. The third-order valence-electron chi connectivity index (χ3n) is 2.81. The maximum absolute atomic E-state index is 6.13. The van der Waals surface area contributed by atoms with Crippen LogP contribution in [-0.2, 0) is 11.5 Å². The van der Waals surface area contributed by atoms with Gasteiger partial charge in [0, 0.05) is 14.7 Å². The maximum Gasteiger partial charge on any atom is 0.154 e. The number of ether oxygens (including phenoxy) is 1. The highest BCUT2D eigenvalue weighted by Gasteiger charge is 2.14. The molecule has 20 heavy (non-hydrogen) atoms. The van der Waals surface area contributed by atoms with Gasteiger partial charge in [0.15, 0.2) is 4.60 Å². The Morgan fingerprint density at radius 1 is 1.45 bits per heavy atom. The summed E-state index contributed by atoms with van der Waals surface area (Å²) in [6.45, 7) is 8.19. The van der Waals surface area contributed by atoms with E-state index in [2.05, 4.69) is 68.2 Å². The number of aromatic nitrogens is 3. The first-order chi connectivity index (χ1) is 9.28. The lowest BCUT2D eigenvalue weighted by atomic mass is 10.4. The number of fused-ring (bicyclic) bond motifs is 1. The number of rotatable bonds is 5. The zero-order chi connectivity index (χ0) is 14.9. The summed E-state index contributed by atoms with van der Waals surface area (Å²) in [5.41, 5.74) is 1.70. The van der Waals surface area contributed by atoms with E-state index in [1.54, 1.807) is 4.68 Å². The van der Waals surface area contributed by atoms with Gasteiger partial charge in [0.2, 0.25) is 0 Å². The second-order valence-corrected chi connectivity index (χ2v) is 13.6. The summed E-state index contributed by atoms with van der Waals surface area (Å²) in [6, 6.07) is 3.02. The van der Waals surface area contributed by atoms with Gasteiger partial charge in [-0.05, 0) is 50.6 Å². The summed E-state index contributed by atoms with van der Waals surface area (Å²) in [4.78, 5) is 4.44. The third kappa shape index (κ3) is 4.16. The van der Waals surface area contributed by atoms with Crippen molar-refractivity contribution in [1.82, 2.24) is 14.8 Å². The van der Waals surface area contributed by atoms with Crippen LogP contribution in [0.4, 0.5) is 0 Å². The van der Waals surface area contributed by atoms with Crippen molar-refractivity contribution >= 4 is 69.2 Å². The van der Waals surface area contributed by atoms with Crippen LogP contribution in [0.3, 0.4) is 0 Å². The Kier molecular flexibility index (Phi) is 5.50. The van der Waals surface area contributed by atoms with E-state index >= 15 is 0 Å². The first kappa shape index (κ1) is 16.7. The maximum atomic E-state index is 6.13. The molecule has 0 aromatic carbocycles. The van der Waals surface area contributed by atoms with Crippen LogP contribution >= 0.6 is 50.1 Å². The molecule has 2 heterocycles. The molecule has 0 aliphatic carbocycles. The molecule has 0 spiro atoms. The monoisotopic (exact) mass is 487 g/mol. The molecule has 0 fully saturated rings. The molecule has 0 aliphatic heterocycles. The fourth-order valence-electron chi connectivity index (χ4n) is 1.64. The second kappa shape index (κ2) is 6.60. The van der Waals surface area contributed by atoms with Gasteiger partial charge in [0.05, 0.1) is 10.5 Å². The Bertz CT molecular complexity index is 629. The molecule has 0 aliphatic rings. The summed E-state index contributed by atoms with van der Waals surface area (Å²) in [5.74, 6) is 0. The highest BCUT2D eigenvalue weighted by atomic mass is 127. The molecular formula is C12H16BrClIN3OSi. The van der Waals surface area contributed by atoms with E-state index in [1.165, 1.54) is 0 Å². The zero-order valence-electron chi connectivity index (χ0n) is 11.6. The van der Waals surface area contributed by atoms with Gasteiger partial charge in [-0.2, -0.15) is 5.10 Å². The van der Waals surface area contributed by atoms with E-state index in [4.69, 9.17) is 16.3 Å². The first-order valence-corrected chi connectivity index (χ1v) is 12.2. The normalized spacial score (nSPS) is 12.3. The fourth-order valence-corrected chi connectivity index (χ4v) is 3.42. The zero-order valence-corrected chi connectivity index (χ0v) is 17.1. The molecule has 0 radical (unpaired) electrons. The third-order valence-corrected chi connectivity index (χ3v) is 6.47. The molecule has 4 nitrogen and oxygen atoms in total. The Balaban J connectivity index is 2.13. The first-order valence-electron chi connectivity index (χ1n) is 6.24. The Morgan fingerprint density at radius 3 is 2.80 bits per heavy atom. The van der Waals surface area contributed by atoms with E-state index in [0.717, 1.165) is 32.0 Å². The van der Waals surface area contributed by atoms with Gasteiger partial charge < -0.3 is 4.74 Å². The van der Waals surface area contributed by atoms with Crippen molar-refractivity contribution in [2.24, 2.45) is 0 Å². The van der Waals surface area contributed by atoms with Crippen LogP contribution < -0.4 is 0 Å². The average Bonchev–Trinajstić information content (AvgIpc) is 2.62. The minimum atomic E-state index is -1.06. The van der Waals surface area contributed by atoms with Crippen molar-refractivity contribution in [1.29, 1.82) is 0 Å². The van der Waals surface area contributed by atoms with Crippen molar-refractivity contribution < 1.29 is 4.74 Å².